The summed E-state index contributed by atoms with van der Waals surface area (Å²) >= 11 is 5.91. The molecule has 1 aliphatic heterocycles. The van der Waals surface area contributed by atoms with Crippen LogP contribution in [0, 0.1) is 5.82 Å². The molecular formula is C26H26ClFN4O4. The molecule has 1 fully saturated rings. The molecule has 10 heteroatoms. The van der Waals surface area contributed by atoms with Crippen LogP contribution >= 0.6 is 11.6 Å². The van der Waals surface area contributed by atoms with Crippen molar-refractivity contribution >= 4 is 41.1 Å². The van der Waals surface area contributed by atoms with E-state index in [0.29, 0.717) is 43.8 Å². The summed E-state index contributed by atoms with van der Waals surface area (Å²) in [5.41, 5.74) is 2.97. The molecule has 3 aromatic rings. The number of aromatic nitrogens is 2. The number of carbonyl (C=O) groups is 1. The molecule has 188 valence electrons. The summed E-state index contributed by atoms with van der Waals surface area (Å²) in [5.74, 6) is 0.0295. The lowest BCUT2D eigenvalue weighted by molar-refractivity contribution is -0.137. The van der Waals surface area contributed by atoms with Crippen LogP contribution in [0.3, 0.4) is 0 Å². The molecule has 0 radical (unpaired) electrons. The van der Waals surface area contributed by atoms with Gasteiger partial charge in [-0.25, -0.2) is 14.2 Å². The summed E-state index contributed by atoms with van der Waals surface area (Å²) in [6.45, 7) is 3.42. The van der Waals surface area contributed by atoms with Gasteiger partial charge < -0.3 is 24.8 Å². The van der Waals surface area contributed by atoms with E-state index in [2.05, 4.69) is 10.3 Å². The van der Waals surface area contributed by atoms with Crippen LogP contribution in [0.2, 0.25) is 5.02 Å². The molecule has 1 aromatic heterocycles. The van der Waals surface area contributed by atoms with Gasteiger partial charge in [-0.3, -0.25) is 0 Å². The number of benzene rings is 2. The lowest BCUT2D eigenvalue weighted by Gasteiger charge is -2.34. The van der Waals surface area contributed by atoms with E-state index in [1.807, 2.05) is 29.2 Å². The first-order chi connectivity index (χ1) is 17.5. The normalized spacial score (nSPS) is 15.8. The summed E-state index contributed by atoms with van der Waals surface area (Å²) in [5, 5.41) is 12.7. The average Bonchev–Trinajstić information content (AvgIpc) is 2.90. The van der Waals surface area contributed by atoms with Crippen LogP contribution in [0.25, 0.3) is 17.2 Å². The second-order valence-electron chi connectivity index (χ2n) is 8.02. The number of aliphatic hydroxyl groups excluding tert-OH is 1. The molecule has 8 nitrogen and oxygen atoms in total. The van der Waals surface area contributed by atoms with Crippen LogP contribution in [0.4, 0.5) is 21.8 Å². The lowest BCUT2D eigenvalue weighted by atomic mass is 10.0. The Hall–Kier alpha value is -3.53. The van der Waals surface area contributed by atoms with Crippen molar-refractivity contribution < 1.29 is 23.8 Å². The maximum absolute atomic E-state index is 13.6. The van der Waals surface area contributed by atoms with E-state index < -0.39 is 11.8 Å². The number of morpholine rings is 1. The molecule has 2 aromatic carbocycles. The predicted molar refractivity (Wildman–Crippen MR) is 137 cm³/mol. The second-order valence-corrected chi connectivity index (χ2v) is 8.42. The molecule has 1 unspecified atom stereocenters. The monoisotopic (exact) mass is 512 g/mol. The van der Waals surface area contributed by atoms with Gasteiger partial charge in [0, 0.05) is 36.6 Å². The van der Waals surface area contributed by atoms with Crippen molar-refractivity contribution in [2.75, 3.05) is 43.1 Å². The Morgan fingerprint density at radius 2 is 2.22 bits per heavy atom. The van der Waals surface area contributed by atoms with Gasteiger partial charge in [-0.1, -0.05) is 29.8 Å². The van der Waals surface area contributed by atoms with Crippen molar-refractivity contribution in [3.63, 3.8) is 0 Å². The highest BCUT2D eigenvalue weighted by molar-refractivity contribution is 6.31. The quantitative estimate of drug-likeness (QED) is 0.337. The van der Waals surface area contributed by atoms with E-state index in [0.717, 1.165) is 16.7 Å². The van der Waals surface area contributed by atoms with Gasteiger partial charge in [-0.2, -0.15) is 4.98 Å². The zero-order chi connectivity index (χ0) is 25.5. The van der Waals surface area contributed by atoms with Gasteiger partial charge in [0.2, 0.25) is 5.95 Å². The predicted octanol–water partition coefficient (Wildman–Crippen LogP) is 4.45. The number of ether oxygens (including phenoxy) is 2. The number of esters is 1. The third-order valence-electron chi connectivity index (χ3n) is 5.48. The number of aliphatic hydroxyl groups is 1. The Morgan fingerprint density at radius 1 is 1.36 bits per heavy atom. The number of rotatable bonds is 8. The van der Waals surface area contributed by atoms with Gasteiger partial charge >= 0.3 is 5.97 Å². The average molecular weight is 513 g/mol. The highest BCUT2D eigenvalue weighted by atomic mass is 35.5. The van der Waals surface area contributed by atoms with Gasteiger partial charge in [0.15, 0.2) is 0 Å². The molecular weight excluding hydrogens is 487 g/mol. The van der Waals surface area contributed by atoms with E-state index in [-0.39, 0.29) is 17.7 Å². The van der Waals surface area contributed by atoms with E-state index in [9.17, 15) is 14.3 Å². The van der Waals surface area contributed by atoms with Gasteiger partial charge in [-0.05, 0) is 48.4 Å². The molecule has 1 aliphatic rings. The molecule has 36 heavy (non-hydrogen) atoms. The number of hydrogen-bond donors (Lipinski definition) is 2. The summed E-state index contributed by atoms with van der Waals surface area (Å²) in [7, 11) is 0. The minimum Gasteiger partial charge on any atom is -0.463 e. The molecule has 1 saturated heterocycles. The van der Waals surface area contributed by atoms with E-state index in [4.69, 9.17) is 26.1 Å². The minimum absolute atomic E-state index is 0.0106. The maximum Gasteiger partial charge on any atom is 0.330 e. The highest BCUT2D eigenvalue weighted by Gasteiger charge is 2.24. The topological polar surface area (TPSA) is 96.8 Å². The van der Waals surface area contributed by atoms with Crippen LogP contribution < -0.4 is 10.2 Å². The standard InChI is InChI=1S/C26H26ClFN4O4/c1-2-35-24(34)9-6-17-4-3-5-18(12-17)21-14-29-26(30-19-7-8-23(28)22(27)13-19)31-25(21)32-10-11-36-20(15-32)16-33/h3-9,12-14,20,33H,2,10-11,15-16H2,1H3,(H,29,30,31). The van der Waals surface area contributed by atoms with Crippen molar-refractivity contribution in [1.82, 2.24) is 9.97 Å². The SMILES string of the molecule is CCOC(=O)C=Cc1cccc(-c2cnc(Nc3ccc(F)c(Cl)c3)nc2N2CCOC(CO)C2)c1. The Bertz CT molecular complexity index is 1260. The largest absolute Gasteiger partial charge is 0.463 e. The molecule has 2 N–H and O–H groups in total. The highest BCUT2D eigenvalue weighted by Crippen LogP contribution is 2.32. The first kappa shape index (κ1) is 25.6. The molecule has 4 rings (SSSR count). The number of hydrogen-bond acceptors (Lipinski definition) is 8. The fourth-order valence-corrected chi connectivity index (χ4v) is 3.95. The number of nitrogens with zero attached hydrogens (tertiary/aromatic N) is 3. The van der Waals surface area contributed by atoms with Crippen LogP contribution in [0.15, 0.2) is 54.7 Å². The zero-order valence-corrected chi connectivity index (χ0v) is 20.4. The molecule has 0 spiro atoms. The van der Waals surface area contributed by atoms with Crippen LogP contribution in [0.1, 0.15) is 12.5 Å². The first-order valence-electron chi connectivity index (χ1n) is 11.5. The van der Waals surface area contributed by atoms with Gasteiger partial charge in [-0.15, -0.1) is 0 Å². The smallest absolute Gasteiger partial charge is 0.330 e. The van der Waals surface area contributed by atoms with Crippen LogP contribution in [-0.2, 0) is 14.3 Å². The van der Waals surface area contributed by atoms with Gasteiger partial charge in [0.25, 0.3) is 0 Å². The lowest BCUT2D eigenvalue weighted by Crippen LogP contribution is -2.44. The van der Waals surface area contributed by atoms with Crippen LogP contribution in [-0.4, -0.2) is 60.1 Å². The molecule has 0 amide bonds. The molecule has 0 bridgehead atoms. The van der Waals surface area contributed by atoms with Crippen molar-refractivity contribution in [2.45, 2.75) is 13.0 Å². The van der Waals surface area contributed by atoms with Gasteiger partial charge in [0.05, 0.1) is 30.9 Å². The number of halogens is 2. The zero-order valence-electron chi connectivity index (χ0n) is 19.7. The van der Waals surface area contributed by atoms with E-state index in [1.165, 1.54) is 18.2 Å². The van der Waals surface area contributed by atoms with Crippen molar-refractivity contribution in [2.24, 2.45) is 0 Å². The van der Waals surface area contributed by atoms with E-state index >= 15 is 0 Å². The fraction of sp³-hybridized carbons (Fsp3) is 0.269. The van der Waals surface area contributed by atoms with Crippen molar-refractivity contribution in [1.29, 1.82) is 0 Å². The van der Waals surface area contributed by atoms with E-state index in [1.54, 1.807) is 25.3 Å². The summed E-state index contributed by atoms with van der Waals surface area (Å²) < 4.78 is 24.1. The second kappa shape index (κ2) is 11.9. The molecule has 1 atom stereocenters. The fourth-order valence-electron chi connectivity index (χ4n) is 3.77. The number of carbonyl (C=O) groups excluding carboxylic acids is 1. The molecule has 0 aliphatic carbocycles. The Labute approximate surface area is 213 Å². The first-order valence-corrected chi connectivity index (χ1v) is 11.9. The number of anilines is 3. The molecule has 2 heterocycles. The third kappa shape index (κ3) is 6.37. The van der Waals surface area contributed by atoms with Crippen molar-refractivity contribution in [3.8, 4) is 11.1 Å². The van der Waals surface area contributed by atoms with Gasteiger partial charge in [0.1, 0.15) is 11.6 Å². The Morgan fingerprint density at radius 3 is 3.00 bits per heavy atom. The maximum atomic E-state index is 13.6. The summed E-state index contributed by atoms with van der Waals surface area (Å²) in [6.07, 6.45) is 4.43. The number of nitrogens with one attached hydrogen (secondary N) is 1. The third-order valence-corrected chi connectivity index (χ3v) is 5.77. The Kier molecular flexibility index (Phi) is 8.48. The summed E-state index contributed by atoms with van der Waals surface area (Å²) in [6, 6.07) is 11.9. The minimum atomic E-state index is -0.514. The van der Waals surface area contributed by atoms with Crippen molar-refractivity contribution in [3.05, 3.63) is 71.1 Å². The summed E-state index contributed by atoms with van der Waals surface area (Å²) in [4.78, 5) is 23.0. The molecule has 0 saturated carbocycles. The Balaban J connectivity index is 1.69. The van der Waals surface area contributed by atoms with Crippen LogP contribution in [0.5, 0.6) is 0 Å².